The third-order valence-corrected chi connectivity index (χ3v) is 17.5. The lowest BCUT2D eigenvalue weighted by Gasteiger charge is -2.73. The molecule has 0 spiro atoms. The zero-order chi connectivity index (χ0) is 36.5. The SMILES string of the molecule is C=C(C)[C@@H]1CC[C@]2(CCN3CCN(CCC)CC3)CC[C@]3(C)[C@H](CC[C@@H]4[C@@]5(C)CC[C@H](OC(=O)CC(C)(C)C(=O)O)C(C)(C)[C@@H]5CC[C@]43C)[C@@H]12. The van der Waals surface area contributed by atoms with Crippen LogP contribution in [0.2, 0.25) is 0 Å². The second kappa shape index (κ2) is 13.5. The van der Waals surface area contributed by atoms with Gasteiger partial charge in [0.2, 0.25) is 0 Å². The fraction of sp³-hybridized carbons (Fsp3) is 0.909. The van der Waals surface area contributed by atoms with Crippen molar-refractivity contribution in [3.8, 4) is 0 Å². The van der Waals surface area contributed by atoms with Crippen molar-refractivity contribution in [1.82, 2.24) is 9.80 Å². The first-order chi connectivity index (χ1) is 23.3. The number of esters is 1. The van der Waals surface area contributed by atoms with Gasteiger partial charge in [0, 0.05) is 31.6 Å². The first-order valence-corrected chi connectivity index (χ1v) is 20.9. The topological polar surface area (TPSA) is 70.1 Å². The lowest BCUT2D eigenvalue weighted by Crippen LogP contribution is -2.66. The van der Waals surface area contributed by atoms with Crippen LogP contribution in [0.5, 0.6) is 0 Å². The van der Waals surface area contributed by atoms with Crippen LogP contribution >= 0.6 is 0 Å². The van der Waals surface area contributed by atoms with Crippen molar-refractivity contribution in [1.29, 1.82) is 0 Å². The molecule has 6 fully saturated rings. The number of carbonyl (C=O) groups excluding carboxylic acids is 1. The third kappa shape index (κ3) is 6.14. The normalized spacial score (nSPS) is 43.2. The van der Waals surface area contributed by atoms with Gasteiger partial charge < -0.3 is 19.6 Å². The predicted octanol–water partition coefficient (Wildman–Crippen LogP) is 9.47. The maximum Gasteiger partial charge on any atom is 0.309 e. The van der Waals surface area contributed by atoms with Crippen LogP contribution < -0.4 is 0 Å². The fourth-order valence-corrected chi connectivity index (χ4v) is 14.5. The van der Waals surface area contributed by atoms with Gasteiger partial charge in [0.15, 0.2) is 0 Å². The second-order valence-electron chi connectivity index (χ2n) is 20.7. The lowest BCUT2D eigenvalue weighted by atomic mass is 9.32. The quantitative estimate of drug-likeness (QED) is 0.182. The highest BCUT2D eigenvalue weighted by Gasteiger charge is 2.71. The van der Waals surface area contributed by atoms with E-state index in [-0.39, 0.29) is 29.3 Å². The molecule has 50 heavy (non-hydrogen) atoms. The van der Waals surface area contributed by atoms with Gasteiger partial charge in [0.25, 0.3) is 0 Å². The van der Waals surface area contributed by atoms with E-state index in [0.717, 1.165) is 24.7 Å². The minimum absolute atomic E-state index is 0.0826. The van der Waals surface area contributed by atoms with E-state index in [1.165, 1.54) is 109 Å². The van der Waals surface area contributed by atoms with E-state index in [1.807, 2.05) is 0 Å². The highest BCUT2D eigenvalue weighted by molar-refractivity contribution is 5.81. The number of carboxylic acid groups (broad SMARTS) is 1. The van der Waals surface area contributed by atoms with Gasteiger partial charge in [-0.3, -0.25) is 9.59 Å². The number of ether oxygens (including phenoxy) is 1. The average molecular weight is 695 g/mol. The Morgan fingerprint density at radius 1 is 0.820 bits per heavy atom. The molecule has 0 aromatic rings. The number of allylic oxidation sites excluding steroid dienone is 1. The first-order valence-electron chi connectivity index (χ1n) is 20.9. The summed E-state index contributed by atoms with van der Waals surface area (Å²) in [6.45, 7) is 32.8. The molecule has 1 heterocycles. The standard InChI is InChI=1S/C44H74N2O4/c1-11-23-45-25-27-46(28-26-45)24-22-44-19-14-31(30(2)3)37(44)32-12-13-34-41(8)17-16-35(50-36(47)29-39(4,5)38(48)49)40(6,7)33(41)15-18-43(34,10)42(32,9)20-21-44/h31-35,37H,2,11-29H2,1,3-10H3,(H,48,49)/t31-,32+,33-,34+,35-,37+,41-,42+,43+,44+/m0/s1. The van der Waals surface area contributed by atoms with Gasteiger partial charge in [0.1, 0.15) is 6.10 Å². The zero-order valence-corrected chi connectivity index (χ0v) is 33.7. The average Bonchev–Trinajstić information content (AvgIpc) is 3.43. The molecule has 0 unspecified atom stereocenters. The molecule has 0 amide bonds. The van der Waals surface area contributed by atoms with Gasteiger partial charge in [-0.1, -0.05) is 53.7 Å². The number of carbonyl (C=O) groups is 2. The summed E-state index contributed by atoms with van der Waals surface area (Å²) in [5.41, 5.74) is 1.50. The summed E-state index contributed by atoms with van der Waals surface area (Å²) in [7, 11) is 0. The summed E-state index contributed by atoms with van der Waals surface area (Å²) in [4.78, 5) is 30.3. The summed E-state index contributed by atoms with van der Waals surface area (Å²) in [5, 5.41) is 9.62. The van der Waals surface area contributed by atoms with Crippen molar-refractivity contribution in [2.24, 2.45) is 62.1 Å². The van der Waals surface area contributed by atoms with Gasteiger partial charge in [-0.15, -0.1) is 0 Å². The molecule has 0 aromatic heterocycles. The van der Waals surface area contributed by atoms with E-state index in [1.54, 1.807) is 13.8 Å². The van der Waals surface area contributed by atoms with Gasteiger partial charge in [-0.2, -0.15) is 0 Å². The van der Waals surface area contributed by atoms with Crippen molar-refractivity contribution in [2.45, 2.75) is 152 Å². The number of nitrogens with zero attached hydrogens (tertiary/aromatic N) is 2. The van der Waals surface area contributed by atoms with Crippen LogP contribution in [-0.4, -0.2) is 72.2 Å². The van der Waals surface area contributed by atoms with Crippen LogP contribution in [-0.2, 0) is 14.3 Å². The predicted molar refractivity (Wildman–Crippen MR) is 203 cm³/mol. The maximum absolute atomic E-state index is 13.1. The Morgan fingerprint density at radius 2 is 1.48 bits per heavy atom. The van der Waals surface area contributed by atoms with E-state index in [4.69, 9.17) is 4.74 Å². The van der Waals surface area contributed by atoms with E-state index >= 15 is 0 Å². The van der Waals surface area contributed by atoms with Gasteiger partial charge in [-0.25, -0.2) is 0 Å². The number of carboxylic acids is 1. The Balaban J connectivity index is 1.20. The van der Waals surface area contributed by atoms with Crippen LogP contribution in [0.15, 0.2) is 12.2 Å². The monoisotopic (exact) mass is 695 g/mol. The molecule has 6 rings (SSSR count). The summed E-state index contributed by atoms with van der Waals surface area (Å²) < 4.78 is 6.21. The van der Waals surface area contributed by atoms with Crippen molar-refractivity contribution >= 4 is 11.9 Å². The molecule has 10 atom stereocenters. The fourth-order valence-electron chi connectivity index (χ4n) is 14.5. The molecule has 0 radical (unpaired) electrons. The molecular weight excluding hydrogens is 620 g/mol. The third-order valence-electron chi connectivity index (χ3n) is 17.5. The minimum Gasteiger partial charge on any atom is -0.481 e. The molecule has 6 aliphatic rings. The number of hydrogen-bond acceptors (Lipinski definition) is 5. The van der Waals surface area contributed by atoms with Crippen LogP contribution in [0.25, 0.3) is 0 Å². The van der Waals surface area contributed by atoms with Crippen molar-refractivity contribution in [3.05, 3.63) is 12.2 Å². The molecule has 1 aliphatic heterocycles. The molecule has 5 saturated carbocycles. The molecule has 6 heteroatoms. The molecule has 1 saturated heterocycles. The number of piperazine rings is 1. The molecule has 1 N–H and O–H groups in total. The largest absolute Gasteiger partial charge is 0.481 e. The Morgan fingerprint density at radius 3 is 2.10 bits per heavy atom. The van der Waals surface area contributed by atoms with Crippen molar-refractivity contribution in [3.63, 3.8) is 0 Å². The molecule has 6 nitrogen and oxygen atoms in total. The van der Waals surface area contributed by atoms with E-state index in [2.05, 4.69) is 64.8 Å². The number of fused-ring (bicyclic) bond motifs is 7. The zero-order valence-electron chi connectivity index (χ0n) is 33.7. The maximum atomic E-state index is 13.1. The number of aliphatic carboxylic acids is 1. The summed E-state index contributed by atoms with van der Waals surface area (Å²) >= 11 is 0. The van der Waals surface area contributed by atoms with E-state index in [9.17, 15) is 14.7 Å². The first kappa shape index (κ1) is 38.3. The van der Waals surface area contributed by atoms with Crippen LogP contribution in [0, 0.1) is 62.1 Å². The Kier molecular flexibility index (Phi) is 10.3. The molecule has 0 bridgehead atoms. The Bertz CT molecular complexity index is 1300. The van der Waals surface area contributed by atoms with Gasteiger partial charge >= 0.3 is 11.9 Å². The Labute approximate surface area is 305 Å². The molecule has 5 aliphatic carbocycles. The van der Waals surface area contributed by atoms with Gasteiger partial charge in [0.05, 0.1) is 11.8 Å². The second-order valence-corrected chi connectivity index (χ2v) is 20.7. The summed E-state index contributed by atoms with van der Waals surface area (Å²) in [5.74, 6) is 2.06. The van der Waals surface area contributed by atoms with E-state index < -0.39 is 11.4 Å². The lowest BCUT2D eigenvalue weighted by molar-refractivity contribution is -0.250. The molecule has 284 valence electrons. The Hall–Kier alpha value is -1.40. The number of rotatable bonds is 10. The van der Waals surface area contributed by atoms with Crippen molar-refractivity contribution in [2.75, 3.05) is 39.3 Å². The van der Waals surface area contributed by atoms with E-state index in [0.29, 0.717) is 34.0 Å². The van der Waals surface area contributed by atoms with Crippen molar-refractivity contribution < 1.29 is 19.4 Å². The highest BCUT2D eigenvalue weighted by Crippen LogP contribution is 2.78. The van der Waals surface area contributed by atoms with Gasteiger partial charge in [-0.05, 0) is 162 Å². The molecular formula is C44H74N2O4. The van der Waals surface area contributed by atoms with Crippen LogP contribution in [0.1, 0.15) is 146 Å². The van der Waals surface area contributed by atoms with Crippen LogP contribution in [0.3, 0.4) is 0 Å². The van der Waals surface area contributed by atoms with Crippen LogP contribution in [0.4, 0.5) is 0 Å². The highest BCUT2D eigenvalue weighted by atomic mass is 16.5. The molecule has 0 aromatic carbocycles. The smallest absolute Gasteiger partial charge is 0.309 e. The summed E-state index contributed by atoms with van der Waals surface area (Å²) in [6.07, 6.45) is 15.0. The summed E-state index contributed by atoms with van der Waals surface area (Å²) in [6, 6.07) is 0. The number of hydrogen-bond donors (Lipinski definition) is 1. The minimum atomic E-state index is -1.12.